The van der Waals surface area contributed by atoms with Crippen LogP contribution in [0, 0.1) is 11.8 Å². The van der Waals surface area contributed by atoms with Crippen molar-refractivity contribution in [1.82, 2.24) is 26.6 Å². The number of nitrogens with one attached hydrogen (secondary N) is 5. The lowest BCUT2D eigenvalue weighted by molar-refractivity contribution is -0.144. The highest BCUT2D eigenvalue weighted by atomic mass is 16.4. The summed E-state index contributed by atoms with van der Waals surface area (Å²) in [4.78, 5) is 91.1. The fourth-order valence-electron chi connectivity index (χ4n) is 5.80. The van der Waals surface area contributed by atoms with Gasteiger partial charge in [0.15, 0.2) is 5.78 Å². The number of nitrogens with two attached hydrogens (primary N) is 3. The fraction of sp³-hybridized carbons (Fsp3) is 0.583. The number of carboxylic acids is 1. The zero-order valence-corrected chi connectivity index (χ0v) is 30.5. The molecule has 0 saturated heterocycles. The lowest BCUT2D eigenvalue weighted by Crippen LogP contribution is -2.58. The van der Waals surface area contributed by atoms with Crippen LogP contribution in [0.1, 0.15) is 77.2 Å². The van der Waals surface area contributed by atoms with Gasteiger partial charge in [-0.15, -0.1) is 0 Å². The second kappa shape index (κ2) is 22.8. The van der Waals surface area contributed by atoms with Crippen LogP contribution in [-0.2, 0) is 35.2 Å². The Bertz CT molecular complexity index is 1440. The first-order valence-corrected chi connectivity index (χ1v) is 18.0. The first-order chi connectivity index (χ1) is 25.1. The van der Waals surface area contributed by atoms with Crippen molar-refractivity contribution < 1.29 is 43.8 Å². The number of amides is 6. The molecule has 0 spiro atoms. The normalized spacial score (nSPS) is 21.0. The lowest BCUT2D eigenvalue weighted by Gasteiger charge is -2.27. The minimum absolute atomic E-state index is 0.0103. The van der Waals surface area contributed by atoms with Crippen molar-refractivity contribution in [3.05, 3.63) is 42.0 Å². The summed E-state index contributed by atoms with van der Waals surface area (Å²) in [5, 5.41) is 32.7. The highest BCUT2D eigenvalue weighted by Crippen LogP contribution is 2.19. The summed E-state index contributed by atoms with van der Waals surface area (Å²) in [7, 11) is 0. The number of hydrogen-bond acceptors (Lipinski definition) is 10. The van der Waals surface area contributed by atoms with E-state index in [1.807, 2.05) is 13.8 Å². The molecular weight excluding hydrogens is 688 g/mol. The Labute approximate surface area is 309 Å². The van der Waals surface area contributed by atoms with Crippen molar-refractivity contribution in [1.29, 1.82) is 0 Å². The molecular formula is C36H56N8O9. The topological polar surface area (TPSA) is 298 Å². The molecule has 2 rings (SSSR count). The molecule has 0 fully saturated rings. The van der Waals surface area contributed by atoms with Crippen LogP contribution in [0.4, 0.5) is 4.79 Å². The number of aromatic hydroxyl groups is 1. The number of unbranched alkanes of at least 4 members (excludes halogenated alkanes) is 1. The van der Waals surface area contributed by atoms with Crippen molar-refractivity contribution in [3.8, 4) is 5.75 Å². The maximum absolute atomic E-state index is 13.9. The molecule has 17 heteroatoms. The first-order valence-electron chi connectivity index (χ1n) is 18.0. The summed E-state index contributed by atoms with van der Waals surface area (Å²) in [6.07, 6.45) is 4.46. The number of rotatable bonds is 18. The van der Waals surface area contributed by atoms with Gasteiger partial charge in [-0.2, -0.15) is 0 Å². The van der Waals surface area contributed by atoms with Gasteiger partial charge in [0.2, 0.25) is 23.6 Å². The maximum Gasteiger partial charge on any atom is 0.312 e. The van der Waals surface area contributed by atoms with Gasteiger partial charge in [-0.1, -0.05) is 38.1 Å². The number of urea groups is 1. The van der Waals surface area contributed by atoms with Crippen molar-refractivity contribution in [3.63, 3.8) is 0 Å². The van der Waals surface area contributed by atoms with Gasteiger partial charge in [0.25, 0.3) is 0 Å². The Morgan fingerprint density at radius 1 is 0.887 bits per heavy atom. The van der Waals surface area contributed by atoms with E-state index in [1.165, 1.54) is 12.1 Å². The van der Waals surface area contributed by atoms with Crippen molar-refractivity contribution in [2.45, 2.75) is 108 Å². The van der Waals surface area contributed by atoms with Crippen LogP contribution in [-0.4, -0.2) is 94.9 Å². The average molecular weight is 745 g/mol. The SMILES string of the molecule is CC(C)C[C@H](CC(=O)[C@H](Cc1ccc(O)cc1)NC(=O)[C@@H]1CC=CC[C@H](N)C(=O)N[C@@H](CCCCN)C(=O)N[C@@H](CCCNC(N)=O)C(=O)N1)C(=O)O. The quantitative estimate of drug-likeness (QED) is 0.0696. The number of primary amides is 1. The van der Waals surface area contributed by atoms with Crippen molar-refractivity contribution >= 4 is 41.4 Å². The average Bonchev–Trinajstić information content (AvgIpc) is 3.09. The van der Waals surface area contributed by atoms with Gasteiger partial charge in [0.1, 0.15) is 23.9 Å². The molecule has 1 aliphatic rings. The molecule has 0 saturated carbocycles. The molecule has 53 heavy (non-hydrogen) atoms. The second-order valence-electron chi connectivity index (χ2n) is 13.7. The number of hydrogen-bond donors (Lipinski definition) is 10. The molecule has 294 valence electrons. The molecule has 1 heterocycles. The highest BCUT2D eigenvalue weighted by Gasteiger charge is 2.33. The van der Waals surface area contributed by atoms with Gasteiger partial charge in [0.05, 0.1) is 18.0 Å². The molecule has 0 aromatic heterocycles. The number of Topliss-reactive ketones (excluding diaryl/α,β-unsaturated/α-hetero) is 1. The monoisotopic (exact) mass is 744 g/mol. The number of carbonyl (C=O) groups excluding carboxylic acids is 6. The Morgan fingerprint density at radius 2 is 1.49 bits per heavy atom. The molecule has 0 bridgehead atoms. The third-order valence-electron chi connectivity index (χ3n) is 8.71. The summed E-state index contributed by atoms with van der Waals surface area (Å²) in [5.74, 6) is -5.44. The van der Waals surface area contributed by atoms with Crippen LogP contribution in [0.3, 0.4) is 0 Å². The number of benzene rings is 1. The van der Waals surface area contributed by atoms with E-state index in [2.05, 4.69) is 26.6 Å². The summed E-state index contributed by atoms with van der Waals surface area (Å²) >= 11 is 0. The van der Waals surface area contributed by atoms with E-state index in [-0.39, 0.29) is 69.6 Å². The fourth-order valence-corrected chi connectivity index (χ4v) is 5.80. The van der Waals surface area contributed by atoms with Crippen LogP contribution in [0.25, 0.3) is 0 Å². The first kappa shape index (κ1) is 44.1. The minimum atomic E-state index is -1.28. The largest absolute Gasteiger partial charge is 0.508 e. The molecule has 1 aromatic carbocycles. The van der Waals surface area contributed by atoms with E-state index in [1.54, 1.807) is 24.3 Å². The third-order valence-corrected chi connectivity index (χ3v) is 8.71. The Morgan fingerprint density at radius 3 is 2.09 bits per heavy atom. The standard InChI is InChI=1S/C36H56N8O9/c1-21(2)18-23(35(51)52)20-30(46)29(19-22-12-14-24(45)15-13-22)44-34(50)27-9-4-3-8-25(38)31(47)41-26(10-5-6-16-37)32(48)43-28(33(49)42-27)11-7-17-40-36(39)53/h3-4,12-15,21,23,25-29,45H,5-11,16-20,37-38H2,1-2H3,(H,41,47)(H,42,49)(H,43,48)(H,44,50)(H,51,52)(H3,39,40,53)/t23-,25+,26+,27+,28+,29+/m1/s1. The highest BCUT2D eigenvalue weighted by molar-refractivity contribution is 5.96. The molecule has 13 N–H and O–H groups in total. The minimum Gasteiger partial charge on any atom is -0.508 e. The molecule has 1 aliphatic heterocycles. The summed E-state index contributed by atoms with van der Waals surface area (Å²) < 4.78 is 0. The Hall–Kier alpha value is -5.03. The van der Waals surface area contributed by atoms with Crippen LogP contribution in [0.2, 0.25) is 0 Å². The number of phenols is 1. The van der Waals surface area contributed by atoms with Gasteiger partial charge in [-0.05, 0) is 87.9 Å². The predicted octanol–water partition coefficient (Wildman–Crippen LogP) is -0.165. The van der Waals surface area contributed by atoms with Crippen LogP contribution in [0.5, 0.6) is 5.75 Å². The molecule has 0 radical (unpaired) electrons. The second-order valence-corrected chi connectivity index (χ2v) is 13.7. The summed E-state index contributed by atoms with van der Waals surface area (Å²) in [6, 6.07) is -0.569. The Balaban J connectivity index is 2.45. The van der Waals surface area contributed by atoms with E-state index in [0.717, 1.165) is 0 Å². The van der Waals surface area contributed by atoms with Gasteiger partial charge in [-0.3, -0.25) is 28.8 Å². The summed E-state index contributed by atoms with van der Waals surface area (Å²) in [5.41, 5.74) is 17.5. The molecule has 1 aromatic rings. The van der Waals surface area contributed by atoms with E-state index in [0.29, 0.717) is 24.9 Å². The molecule has 0 aliphatic carbocycles. The van der Waals surface area contributed by atoms with E-state index in [9.17, 15) is 43.8 Å². The van der Waals surface area contributed by atoms with E-state index in [4.69, 9.17) is 17.2 Å². The lowest BCUT2D eigenvalue weighted by atomic mass is 9.89. The smallest absolute Gasteiger partial charge is 0.312 e. The van der Waals surface area contributed by atoms with Gasteiger partial charge in [0, 0.05) is 13.0 Å². The van der Waals surface area contributed by atoms with Crippen molar-refractivity contribution in [2.75, 3.05) is 13.1 Å². The molecule has 17 nitrogen and oxygen atoms in total. The molecule has 6 atom stereocenters. The maximum atomic E-state index is 13.9. The number of ketones is 1. The van der Waals surface area contributed by atoms with Crippen LogP contribution < -0.4 is 43.8 Å². The summed E-state index contributed by atoms with van der Waals surface area (Å²) in [6.45, 7) is 4.13. The van der Waals surface area contributed by atoms with E-state index >= 15 is 0 Å². The third kappa shape index (κ3) is 16.5. The predicted molar refractivity (Wildman–Crippen MR) is 196 cm³/mol. The number of phenolic OH excluding ortho intramolecular Hbond substituents is 1. The molecule has 0 unspecified atom stereocenters. The Kier molecular flexibility index (Phi) is 19.0. The van der Waals surface area contributed by atoms with Crippen molar-refractivity contribution in [2.24, 2.45) is 29.0 Å². The van der Waals surface area contributed by atoms with Gasteiger partial charge < -0.3 is 54.0 Å². The zero-order valence-electron chi connectivity index (χ0n) is 30.5. The number of carbonyl (C=O) groups is 7. The van der Waals surface area contributed by atoms with Crippen LogP contribution >= 0.6 is 0 Å². The number of carboxylic acid groups (broad SMARTS) is 1. The number of aliphatic carboxylic acids is 1. The van der Waals surface area contributed by atoms with Gasteiger partial charge >= 0.3 is 12.0 Å². The molecule has 6 amide bonds. The van der Waals surface area contributed by atoms with E-state index < -0.39 is 77.5 Å². The van der Waals surface area contributed by atoms with Crippen LogP contribution in [0.15, 0.2) is 36.4 Å². The zero-order chi connectivity index (χ0) is 39.5. The van der Waals surface area contributed by atoms with Gasteiger partial charge in [-0.25, -0.2) is 4.79 Å².